The van der Waals surface area contributed by atoms with E-state index in [2.05, 4.69) is 5.32 Å². The van der Waals surface area contributed by atoms with Crippen LogP contribution in [0, 0.1) is 0 Å². The van der Waals surface area contributed by atoms with Crippen LogP contribution in [0.2, 0.25) is 0 Å². The highest BCUT2D eigenvalue weighted by Crippen LogP contribution is 2.29. The minimum absolute atomic E-state index is 0.0720. The van der Waals surface area contributed by atoms with E-state index >= 15 is 0 Å². The van der Waals surface area contributed by atoms with Gasteiger partial charge in [-0.3, -0.25) is 4.79 Å². The summed E-state index contributed by atoms with van der Waals surface area (Å²) in [6.45, 7) is 3.16. The Balaban J connectivity index is 1.83. The number of benzene rings is 1. The molecule has 1 amide bonds. The van der Waals surface area contributed by atoms with Crippen LogP contribution < -0.4 is 10.1 Å². The summed E-state index contributed by atoms with van der Waals surface area (Å²) >= 11 is 0. The Labute approximate surface area is 118 Å². The van der Waals surface area contributed by atoms with E-state index in [1.165, 1.54) is 0 Å². The lowest BCUT2D eigenvalue weighted by atomic mass is 9.94. The summed E-state index contributed by atoms with van der Waals surface area (Å²) in [5.74, 6) is 0.893. The average molecular weight is 276 g/mol. The van der Waals surface area contributed by atoms with E-state index in [4.69, 9.17) is 9.47 Å². The molecule has 1 unspecified atom stereocenters. The summed E-state index contributed by atoms with van der Waals surface area (Å²) in [7, 11) is 1.65. The molecular weight excluding hydrogens is 256 g/mol. The Morgan fingerprint density at radius 3 is 3.15 bits per heavy atom. The van der Waals surface area contributed by atoms with Gasteiger partial charge in [0.25, 0.3) is 0 Å². The Kier molecular flexibility index (Phi) is 3.63. The first-order chi connectivity index (χ1) is 9.73. The van der Waals surface area contributed by atoms with E-state index in [0.29, 0.717) is 13.2 Å². The molecule has 0 bridgehead atoms. The number of rotatable bonds is 3. The van der Waals surface area contributed by atoms with Gasteiger partial charge in [0.05, 0.1) is 19.3 Å². The molecule has 1 spiro atoms. The number of hydrogen-bond donors (Lipinski definition) is 1. The molecule has 0 aromatic heterocycles. The van der Waals surface area contributed by atoms with Crippen molar-refractivity contribution in [2.45, 2.75) is 18.5 Å². The van der Waals surface area contributed by atoms with Crippen molar-refractivity contribution in [1.82, 2.24) is 10.2 Å². The van der Waals surface area contributed by atoms with Crippen LogP contribution in [0.5, 0.6) is 5.75 Å². The lowest BCUT2D eigenvalue weighted by Crippen LogP contribution is -2.60. The first-order valence-corrected chi connectivity index (χ1v) is 6.95. The fraction of sp³-hybridized carbons (Fsp3) is 0.533. The summed E-state index contributed by atoms with van der Waals surface area (Å²) in [5.41, 5.74) is 0.907. The molecule has 2 fully saturated rings. The van der Waals surface area contributed by atoms with Gasteiger partial charge in [-0.15, -0.1) is 0 Å². The number of methoxy groups -OCH3 is 1. The minimum Gasteiger partial charge on any atom is -0.497 e. The minimum atomic E-state index is -0.182. The number of amides is 1. The van der Waals surface area contributed by atoms with Crippen LogP contribution in [0.4, 0.5) is 0 Å². The molecule has 2 aliphatic heterocycles. The van der Waals surface area contributed by atoms with Gasteiger partial charge in [-0.25, -0.2) is 0 Å². The molecule has 5 heteroatoms. The highest BCUT2D eigenvalue weighted by molar-refractivity contribution is 5.79. The van der Waals surface area contributed by atoms with Crippen molar-refractivity contribution in [3.05, 3.63) is 29.8 Å². The maximum atomic E-state index is 12.3. The van der Waals surface area contributed by atoms with Crippen molar-refractivity contribution in [1.29, 1.82) is 0 Å². The first kappa shape index (κ1) is 13.4. The third-order valence-corrected chi connectivity index (χ3v) is 4.17. The monoisotopic (exact) mass is 276 g/mol. The fourth-order valence-corrected chi connectivity index (χ4v) is 3.04. The quantitative estimate of drug-likeness (QED) is 0.886. The van der Waals surface area contributed by atoms with Gasteiger partial charge in [-0.05, 0) is 30.7 Å². The molecule has 108 valence electrons. The number of morpholine rings is 1. The van der Waals surface area contributed by atoms with E-state index in [1.807, 2.05) is 29.2 Å². The van der Waals surface area contributed by atoms with E-state index in [1.54, 1.807) is 7.11 Å². The van der Waals surface area contributed by atoms with E-state index in [0.717, 1.165) is 30.8 Å². The molecule has 1 N–H and O–H groups in total. The predicted molar refractivity (Wildman–Crippen MR) is 74.6 cm³/mol. The Hall–Kier alpha value is -1.59. The van der Waals surface area contributed by atoms with Crippen molar-refractivity contribution < 1.29 is 14.3 Å². The van der Waals surface area contributed by atoms with Crippen molar-refractivity contribution in [2.24, 2.45) is 0 Å². The van der Waals surface area contributed by atoms with Gasteiger partial charge in [-0.1, -0.05) is 12.1 Å². The van der Waals surface area contributed by atoms with E-state index < -0.39 is 0 Å². The van der Waals surface area contributed by atoms with Crippen molar-refractivity contribution >= 4 is 5.91 Å². The molecule has 1 aromatic rings. The van der Waals surface area contributed by atoms with Gasteiger partial charge in [-0.2, -0.15) is 0 Å². The second-order valence-corrected chi connectivity index (χ2v) is 5.48. The molecule has 0 saturated carbocycles. The maximum absolute atomic E-state index is 12.3. The van der Waals surface area contributed by atoms with Crippen molar-refractivity contribution in [3.63, 3.8) is 0 Å². The number of nitrogens with one attached hydrogen (secondary N) is 1. The van der Waals surface area contributed by atoms with E-state index in [-0.39, 0.29) is 18.1 Å². The summed E-state index contributed by atoms with van der Waals surface area (Å²) < 4.78 is 10.7. The van der Waals surface area contributed by atoms with Gasteiger partial charge in [0.2, 0.25) is 5.91 Å². The average Bonchev–Trinajstić information content (AvgIpc) is 2.93. The van der Waals surface area contributed by atoms with Crippen LogP contribution >= 0.6 is 0 Å². The standard InChI is InChI=1S/C15H20N2O3/c1-19-13-4-2-3-12(7-13)8-17-14(18)9-20-11-15(17)5-6-16-10-15/h2-4,7,16H,5-6,8-11H2,1H3. The zero-order chi connectivity index (χ0) is 14.0. The largest absolute Gasteiger partial charge is 0.497 e. The highest BCUT2D eigenvalue weighted by Gasteiger charge is 2.45. The molecule has 1 aromatic carbocycles. The summed E-state index contributed by atoms with van der Waals surface area (Å²) in [5, 5.41) is 3.34. The normalized spacial score (nSPS) is 26.2. The van der Waals surface area contributed by atoms with Gasteiger partial charge < -0.3 is 19.7 Å². The van der Waals surface area contributed by atoms with Crippen LogP contribution in [-0.2, 0) is 16.1 Å². The Morgan fingerprint density at radius 1 is 1.50 bits per heavy atom. The second-order valence-electron chi connectivity index (χ2n) is 5.48. The molecule has 20 heavy (non-hydrogen) atoms. The lowest BCUT2D eigenvalue weighted by Gasteiger charge is -2.44. The lowest BCUT2D eigenvalue weighted by molar-refractivity contribution is -0.157. The summed E-state index contributed by atoms with van der Waals surface area (Å²) in [6, 6.07) is 7.89. The Morgan fingerprint density at radius 2 is 2.40 bits per heavy atom. The zero-order valence-electron chi connectivity index (χ0n) is 11.7. The molecule has 1 atom stereocenters. The fourth-order valence-electron chi connectivity index (χ4n) is 3.04. The smallest absolute Gasteiger partial charge is 0.249 e. The number of carbonyl (C=O) groups excluding carboxylic acids is 1. The number of ether oxygens (including phenoxy) is 2. The van der Waals surface area contributed by atoms with Gasteiger partial charge in [0.15, 0.2) is 0 Å². The number of carbonyl (C=O) groups is 1. The molecule has 2 aliphatic rings. The van der Waals surface area contributed by atoms with Crippen molar-refractivity contribution in [3.8, 4) is 5.75 Å². The zero-order valence-corrected chi connectivity index (χ0v) is 11.7. The van der Waals surface area contributed by atoms with Crippen LogP contribution in [-0.4, -0.2) is 49.8 Å². The molecule has 3 rings (SSSR count). The highest BCUT2D eigenvalue weighted by atomic mass is 16.5. The number of hydrogen-bond acceptors (Lipinski definition) is 4. The number of nitrogens with zero attached hydrogens (tertiary/aromatic N) is 1. The maximum Gasteiger partial charge on any atom is 0.249 e. The van der Waals surface area contributed by atoms with Crippen molar-refractivity contribution in [2.75, 3.05) is 33.4 Å². The molecule has 0 aliphatic carbocycles. The van der Waals surface area contributed by atoms with Crippen LogP contribution in [0.25, 0.3) is 0 Å². The van der Waals surface area contributed by atoms with Crippen LogP contribution in [0.15, 0.2) is 24.3 Å². The third-order valence-electron chi connectivity index (χ3n) is 4.17. The topological polar surface area (TPSA) is 50.8 Å². The molecular formula is C15H20N2O3. The van der Waals surface area contributed by atoms with Gasteiger partial charge >= 0.3 is 0 Å². The van der Waals surface area contributed by atoms with E-state index in [9.17, 15) is 4.79 Å². The first-order valence-electron chi connectivity index (χ1n) is 6.95. The summed E-state index contributed by atoms with van der Waals surface area (Å²) in [4.78, 5) is 14.2. The second kappa shape index (κ2) is 5.42. The van der Waals surface area contributed by atoms with Gasteiger partial charge in [0.1, 0.15) is 12.4 Å². The molecule has 0 radical (unpaired) electrons. The summed E-state index contributed by atoms with van der Waals surface area (Å²) in [6.07, 6.45) is 0.947. The predicted octanol–water partition coefficient (Wildman–Crippen LogP) is 0.786. The van der Waals surface area contributed by atoms with Crippen LogP contribution in [0.3, 0.4) is 0 Å². The van der Waals surface area contributed by atoms with Gasteiger partial charge in [0, 0.05) is 13.1 Å². The molecule has 2 heterocycles. The Bertz CT molecular complexity index is 498. The third kappa shape index (κ3) is 2.39. The molecule has 5 nitrogen and oxygen atoms in total. The molecule has 2 saturated heterocycles. The van der Waals surface area contributed by atoms with Crippen LogP contribution in [0.1, 0.15) is 12.0 Å². The SMILES string of the molecule is COc1cccc(CN2C(=O)COCC23CCNC3)c1.